The van der Waals surface area contributed by atoms with Gasteiger partial charge in [0.25, 0.3) is 0 Å². The summed E-state index contributed by atoms with van der Waals surface area (Å²) in [6.07, 6.45) is 2.00. The van der Waals surface area contributed by atoms with Gasteiger partial charge in [-0.25, -0.2) is 8.42 Å². The normalized spacial score (nSPS) is 17.5. The van der Waals surface area contributed by atoms with E-state index in [0.717, 1.165) is 21.5 Å². The largest absolute Gasteiger partial charge is 0.497 e. The van der Waals surface area contributed by atoms with Crippen molar-refractivity contribution >= 4 is 26.0 Å². The van der Waals surface area contributed by atoms with E-state index in [2.05, 4.69) is 20.5 Å². The van der Waals surface area contributed by atoms with Crippen LogP contribution in [0.2, 0.25) is 0 Å². The summed E-state index contributed by atoms with van der Waals surface area (Å²) in [6.45, 7) is 1.04. The Hall–Kier alpha value is -2.09. The first-order valence-electron chi connectivity index (χ1n) is 8.57. The molecule has 7 heteroatoms. The minimum absolute atomic E-state index is 0.296. The molecule has 5 nitrogen and oxygen atoms in total. The Bertz CT molecular complexity index is 1040. The number of hydrogen-bond acceptors (Lipinski definition) is 3. The van der Waals surface area contributed by atoms with Gasteiger partial charge in [0.1, 0.15) is 5.75 Å². The van der Waals surface area contributed by atoms with E-state index in [9.17, 15) is 8.42 Å². The van der Waals surface area contributed by atoms with Crippen molar-refractivity contribution in [2.45, 2.75) is 17.5 Å². The Kier molecular flexibility index (Phi) is 4.84. The van der Waals surface area contributed by atoms with E-state index in [1.54, 1.807) is 35.7 Å². The van der Waals surface area contributed by atoms with E-state index in [1.807, 2.05) is 42.6 Å². The van der Waals surface area contributed by atoms with Gasteiger partial charge in [0.15, 0.2) is 0 Å². The molecule has 0 saturated carbocycles. The molecular weight excluding hydrogens is 428 g/mol. The first kappa shape index (κ1) is 18.3. The number of hydrogen-bond donors (Lipinski definition) is 0. The number of rotatable bonds is 4. The van der Waals surface area contributed by atoms with E-state index in [1.165, 1.54) is 0 Å². The van der Waals surface area contributed by atoms with Crippen LogP contribution in [0, 0.1) is 0 Å². The lowest BCUT2D eigenvalue weighted by atomic mass is 10.0. The topological polar surface area (TPSA) is 51.5 Å². The minimum Gasteiger partial charge on any atom is -0.497 e. The van der Waals surface area contributed by atoms with Crippen molar-refractivity contribution in [2.24, 2.45) is 0 Å². The smallest absolute Gasteiger partial charge is 0.244 e. The molecule has 27 heavy (non-hydrogen) atoms. The number of ether oxygens (including phenoxy) is 1. The third kappa shape index (κ3) is 3.31. The lowest BCUT2D eigenvalue weighted by Crippen LogP contribution is -2.42. The number of sulfonamides is 1. The van der Waals surface area contributed by atoms with Crippen LogP contribution < -0.4 is 4.74 Å². The molecule has 0 aliphatic carbocycles. The molecule has 0 bridgehead atoms. The molecule has 1 aromatic heterocycles. The average molecular weight is 447 g/mol. The van der Waals surface area contributed by atoms with Crippen LogP contribution in [0.15, 0.2) is 76.2 Å². The molecule has 0 fully saturated rings. The summed E-state index contributed by atoms with van der Waals surface area (Å²) in [7, 11) is -2.03. The van der Waals surface area contributed by atoms with Crippen molar-refractivity contribution in [3.8, 4) is 5.75 Å². The molecule has 0 radical (unpaired) electrons. The summed E-state index contributed by atoms with van der Waals surface area (Å²) < 4.78 is 36.6. The summed E-state index contributed by atoms with van der Waals surface area (Å²) in [5, 5.41) is 0. The number of halogens is 1. The van der Waals surface area contributed by atoms with Crippen LogP contribution in [0.5, 0.6) is 5.75 Å². The fraction of sp³-hybridized carbons (Fsp3) is 0.200. The highest BCUT2D eigenvalue weighted by Crippen LogP contribution is 2.37. The number of nitrogens with zero attached hydrogens (tertiary/aromatic N) is 2. The Morgan fingerprint density at radius 2 is 1.70 bits per heavy atom. The molecule has 1 aliphatic rings. The first-order chi connectivity index (χ1) is 13.0. The van der Waals surface area contributed by atoms with Gasteiger partial charge in [-0.1, -0.05) is 28.1 Å². The fourth-order valence-corrected chi connectivity index (χ4v) is 5.33. The number of fused-ring (bicyclic) bond motifs is 1. The number of methoxy groups -OCH3 is 1. The van der Waals surface area contributed by atoms with Crippen LogP contribution in [-0.2, 0) is 16.6 Å². The Labute approximate surface area is 167 Å². The van der Waals surface area contributed by atoms with Crippen LogP contribution in [0.4, 0.5) is 0 Å². The van der Waals surface area contributed by atoms with Gasteiger partial charge in [0.2, 0.25) is 10.0 Å². The summed E-state index contributed by atoms with van der Waals surface area (Å²) in [6, 6.07) is 17.9. The maximum atomic E-state index is 13.4. The molecule has 0 amide bonds. The maximum Gasteiger partial charge on any atom is 0.244 e. The lowest BCUT2D eigenvalue weighted by molar-refractivity contribution is 0.298. The zero-order chi connectivity index (χ0) is 19.0. The average Bonchev–Trinajstić information content (AvgIpc) is 3.16. The number of benzene rings is 2. The SMILES string of the molecule is COc1ccc(C2c3cccn3CCN2S(=O)(=O)c2ccc(Br)cc2)cc1. The maximum absolute atomic E-state index is 13.4. The Morgan fingerprint density at radius 3 is 2.37 bits per heavy atom. The van der Waals surface area contributed by atoms with E-state index >= 15 is 0 Å². The summed E-state index contributed by atoms with van der Waals surface area (Å²) in [5.74, 6) is 0.743. The van der Waals surface area contributed by atoms with Crippen LogP contribution in [0.1, 0.15) is 17.3 Å². The van der Waals surface area contributed by atoms with Crippen molar-refractivity contribution < 1.29 is 13.2 Å². The highest BCUT2D eigenvalue weighted by atomic mass is 79.9. The summed E-state index contributed by atoms with van der Waals surface area (Å²) in [5.41, 5.74) is 1.88. The van der Waals surface area contributed by atoms with E-state index < -0.39 is 10.0 Å². The van der Waals surface area contributed by atoms with Crippen molar-refractivity contribution in [1.29, 1.82) is 0 Å². The second-order valence-corrected chi connectivity index (χ2v) is 9.18. The summed E-state index contributed by atoms with van der Waals surface area (Å²) >= 11 is 3.36. The second kappa shape index (κ2) is 7.14. The lowest BCUT2D eigenvalue weighted by Gasteiger charge is -2.36. The van der Waals surface area contributed by atoms with Crippen LogP contribution in [0.3, 0.4) is 0 Å². The molecule has 0 saturated heterocycles. The van der Waals surface area contributed by atoms with Crippen molar-refractivity contribution in [2.75, 3.05) is 13.7 Å². The quantitative estimate of drug-likeness (QED) is 0.607. The van der Waals surface area contributed by atoms with Crippen molar-refractivity contribution in [1.82, 2.24) is 8.87 Å². The molecule has 1 unspecified atom stereocenters. The zero-order valence-electron chi connectivity index (χ0n) is 14.7. The molecule has 3 aromatic rings. The molecule has 0 N–H and O–H groups in total. The van der Waals surface area contributed by atoms with Gasteiger partial charge < -0.3 is 9.30 Å². The van der Waals surface area contributed by atoms with Gasteiger partial charge in [-0.2, -0.15) is 4.31 Å². The molecule has 140 valence electrons. The summed E-state index contributed by atoms with van der Waals surface area (Å²) in [4.78, 5) is 0.296. The third-order valence-electron chi connectivity index (χ3n) is 4.85. The van der Waals surface area contributed by atoms with Crippen LogP contribution in [0.25, 0.3) is 0 Å². The van der Waals surface area contributed by atoms with Gasteiger partial charge >= 0.3 is 0 Å². The molecule has 2 heterocycles. The van der Waals surface area contributed by atoms with E-state index in [-0.39, 0.29) is 6.04 Å². The molecular formula is C20H19BrN2O3S. The molecule has 4 rings (SSSR count). The molecule has 1 aliphatic heterocycles. The molecule has 2 aromatic carbocycles. The van der Waals surface area contributed by atoms with Crippen LogP contribution in [-0.4, -0.2) is 30.9 Å². The second-order valence-electron chi connectivity index (χ2n) is 6.37. The van der Waals surface area contributed by atoms with Gasteiger partial charge in [0.05, 0.1) is 18.0 Å². The predicted octanol–water partition coefficient (Wildman–Crippen LogP) is 4.05. The van der Waals surface area contributed by atoms with Gasteiger partial charge in [-0.3, -0.25) is 0 Å². The van der Waals surface area contributed by atoms with Gasteiger partial charge in [-0.15, -0.1) is 0 Å². The molecule has 1 atom stereocenters. The van der Waals surface area contributed by atoms with E-state index in [0.29, 0.717) is 18.0 Å². The van der Waals surface area contributed by atoms with Crippen LogP contribution >= 0.6 is 15.9 Å². The highest BCUT2D eigenvalue weighted by molar-refractivity contribution is 9.10. The molecule has 0 spiro atoms. The zero-order valence-corrected chi connectivity index (χ0v) is 17.2. The first-order valence-corrected chi connectivity index (χ1v) is 10.8. The Balaban J connectivity index is 1.81. The predicted molar refractivity (Wildman–Crippen MR) is 107 cm³/mol. The van der Waals surface area contributed by atoms with E-state index in [4.69, 9.17) is 4.74 Å². The van der Waals surface area contributed by atoms with Gasteiger partial charge in [-0.05, 0) is 54.1 Å². The minimum atomic E-state index is -3.64. The fourth-order valence-electron chi connectivity index (χ4n) is 3.49. The number of aromatic nitrogens is 1. The van der Waals surface area contributed by atoms with Crippen molar-refractivity contribution in [3.05, 3.63) is 82.6 Å². The van der Waals surface area contributed by atoms with Gasteiger partial charge in [0, 0.05) is 29.5 Å². The Morgan fingerprint density at radius 1 is 1.00 bits per heavy atom. The highest BCUT2D eigenvalue weighted by Gasteiger charge is 2.37. The monoisotopic (exact) mass is 446 g/mol. The third-order valence-corrected chi connectivity index (χ3v) is 7.25. The standard InChI is InChI=1S/C20H19BrN2O3S/c1-26-17-8-4-15(5-9-17)20-19-3-2-12-22(19)13-14-23(20)27(24,25)18-10-6-16(21)7-11-18/h2-12,20H,13-14H2,1H3. The van der Waals surface area contributed by atoms with Crippen molar-refractivity contribution in [3.63, 3.8) is 0 Å².